The third kappa shape index (κ3) is 3.61. The van der Waals surface area contributed by atoms with Gasteiger partial charge in [-0.2, -0.15) is 0 Å². The zero-order valence-electron chi connectivity index (χ0n) is 12.2. The van der Waals surface area contributed by atoms with Crippen molar-refractivity contribution >= 4 is 0 Å². The minimum Gasteiger partial charge on any atom is -0.493 e. The number of aliphatic hydroxyl groups excluding tert-OH is 1. The Hall–Kier alpha value is -2.34. The minimum atomic E-state index is -0.704. The number of ether oxygens (including phenoxy) is 3. The Morgan fingerprint density at radius 1 is 1.00 bits per heavy atom. The normalized spacial score (nSPS) is 11.8. The average Bonchev–Trinajstić information content (AvgIpc) is 2.54. The summed E-state index contributed by atoms with van der Waals surface area (Å²) in [6, 6.07) is 7.01. The first-order valence-corrected chi connectivity index (χ1v) is 6.42. The molecule has 0 spiro atoms. The van der Waals surface area contributed by atoms with Crippen molar-refractivity contribution in [1.82, 2.24) is 9.97 Å². The average molecular weight is 290 g/mol. The Morgan fingerprint density at radius 2 is 1.76 bits per heavy atom. The van der Waals surface area contributed by atoms with Crippen LogP contribution in [0.5, 0.6) is 17.4 Å². The van der Waals surface area contributed by atoms with E-state index in [1.165, 1.54) is 13.4 Å². The van der Waals surface area contributed by atoms with Crippen molar-refractivity contribution in [2.75, 3.05) is 21.3 Å². The van der Waals surface area contributed by atoms with E-state index < -0.39 is 6.10 Å². The predicted molar refractivity (Wildman–Crippen MR) is 76.8 cm³/mol. The number of hydrogen-bond donors (Lipinski definition) is 1. The summed E-state index contributed by atoms with van der Waals surface area (Å²) in [6.07, 6.45) is 1.06. The van der Waals surface area contributed by atoms with Crippen molar-refractivity contribution in [3.8, 4) is 17.4 Å². The van der Waals surface area contributed by atoms with E-state index in [-0.39, 0.29) is 0 Å². The van der Waals surface area contributed by atoms with Crippen LogP contribution in [0.25, 0.3) is 0 Å². The lowest BCUT2D eigenvalue weighted by molar-refractivity contribution is 0.176. The molecule has 0 saturated carbocycles. The maximum atomic E-state index is 10.3. The number of hydrogen-bond acceptors (Lipinski definition) is 6. The van der Waals surface area contributed by atoms with Crippen molar-refractivity contribution in [3.63, 3.8) is 0 Å². The maximum Gasteiger partial charge on any atom is 0.216 e. The van der Waals surface area contributed by atoms with Crippen molar-refractivity contribution in [1.29, 1.82) is 0 Å². The lowest BCUT2D eigenvalue weighted by Gasteiger charge is -2.14. The summed E-state index contributed by atoms with van der Waals surface area (Å²) >= 11 is 0. The van der Waals surface area contributed by atoms with Crippen LogP contribution in [0.4, 0.5) is 0 Å². The molecule has 0 bridgehead atoms. The van der Waals surface area contributed by atoms with Gasteiger partial charge in [0.25, 0.3) is 0 Å². The highest BCUT2D eigenvalue weighted by molar-refractivity contribution is 5.43. The highest BCUT2D eigenvalue weighted by atomic mass is 16.5. The first-order valence-electron chi connectivity index (χ1n) is 6.42. The van der Waals surface area contributed by atoms with Gasteiger partial charge >= 0.3 is 0 Å². The van der Waals surface area contributed by atoms with Crippen molar-refractivity contribution < 1.29 is 19.3 Å². The summed E-state index contributed by atoms with van der Waals surface area (Å²) < 4.78 is 15.4. The molecule has 1 aromatic heterocycles. The van der Waals surface area contributed by atoms with Gasteiger partial charge in [0.15, 0.2) is 11.5 Å². The van der Waals surface area contributed by atoms with E-state index in [0.29, 0.717) is 29.5 Å². The third-order valence-corrected chi connectivity index (χ3v) is 3.10. The van der Waals surface area contributed by atoms with Gasteiger partial charge in [0, 0.05) is 12.5 Å². The molecule has 0 aliphatic carbocycles. The molecule has 112 valence electrons. The summed E-state index contributed by atoms with van der Waals surface area (Å²) in [5.41, 5.74) is 1.43. The molecule has 0 saturated heterocycles. The smallest absolute Gasteiger partial charge is 0.216 e. The van der Waals surface area contributed by atoms with Crippen LogP contribution in [0.3, 0.4) is 0 Å². The first-order chi connectivity index (χ1) is 10.2. The maximum absolute atomic E-state index is 10.3. The van der Waals surface area contributed by atoms with Gasteiger partial charge in [-0.05, 0) is 17.7 Å². The molecule has 6 heteroatoms. The Balaban J connectivity index is 2.17. The first kappa shape index (κ1) is 15.1. The summed E-state index contributed by atoms with van der Waals surface area (Å²) in [5.74, 6) is 1.67. The molecule has 6 nitrogen and oxygen atoms in total. The number of methoxy groups -OCH3 is 3. The molecule has 1 atom stereocenters. The monoisotopic (exact) mass is 290 g/mol. The van der Waals surface area contributed by atoms with Crippen LogP contribution >= 0.6 is 0 Å². The quantitative estimate of drug-likeness (QED) is 0.874. The van der Waals surface area contributed by atoms with Gasteiger partial charge in [-0.1, -0.05) is 6.07 Å². The molecule has 0 aliphatic heterocycles. The number of aromatic nitrogens is 2. The molecule has 0 fully saturated rings. The largest absolute Gasteiger partial charge is 0.493 e. The summed E-state index contributed by atoms with van der Waals surface area (Å²) in [7, 11) is 4.67. The van der Waals surface area contributed by atoms with Gasteiger partial charge in [0.05, 0.1) is 33.1 Å². The molecular formula is C15H18N2O4. The highest BCUT2D eigenvalue weighted by Gasteiger charge is 2.13. The molecule has 0 aliphatic rings. The topological polar surface area (TPSA) is 73.7 Å². The van der Waals surface area contributed by atoms with E-state index >= 15 is 0 Å². The second kappa shape index (κ2) is 6.90. The van der Waals surface area contributed by atoms with Crippen LogP contribution in [0.2, 0.25) is 0 Å². The fourth-order valence-corrected chi connectivity index (χ4v) is 1.98. The second-order valence-electron chi connectivity index (χ2n) is 4.39. The van der Waals surface area contributed by atoms with Crippen LogP contribution in [-0.2, 0) is 6.42 Å². The molecule has 1 N–H and O–H groups in total. The molecule has 0 radical (unpaired) electrons. The second-order valence-corrected chi connectivity index (χ2v) is 4.39. The Kier molecular flexibility index (Phi) is 4.94. The zero-order valence-corrected chi connectivity index (χ0v) is 12.2. The van der Waals surface area contributed by atoms with Gasteiger partial charge in [0.1, 0.15) is 6.33 Å². The van der Waals surface area contributed by atoms with E-state index in [0.717, 1.165) is 5.56 Å². The fraction of sp³-hybridized carbons (Fsp3) is 0.333. The molecule has 21 heavy (non-hydrogen) atoms. The van der Waals surface area contributed by atoms with E-state index in [2.05, 4.69) is 9.97 Å². The Morgan fingerprint density at radius 3 is 2.43 bits per heavy atom. The molecule has 1 heterocycles. The molecule has 1 unspecified atom stereocenters. The molecule has 1 aromatic carbocycles. The number of nitrogens with zero attached hydrogens (tertiary/aromatic N) is 2. The lowest BCUT2D eigenvalue weighted by Crippen LogP contribution is -2.05. The van der Waals surface area contributed by atoms with E-state index in [9.17, 15) is 5.11 Å². The van der Waals surface area contributed by atoms with Crippen LogP contribution in [-0.4, -0.2) is 36.4 Å². The van der Waals surface area contributed by atoms with E-state index in [1.54, 1.807) is 38.5 Å². The number of aliphatic hydroxyl groups is 1. The summed E-state index contributed by atoms with van der Waals surface area (Å²) in [5, 5.41) is 10.3. The van der Waals surface area contributed by atoms with Gasteiger partial charge < -0.3 is 19.3 Å². The summed E-state index contributed by atoms with van der Waals surface area (Å²) in [6.45, 7) is 0. The molecule has 2 rings (SSSR count). The van der Waals surface area contributed by atoms with Crippen LogP contribution in [0.15, 0.2) is 30.6 Å². The Bertz CT molecular complexity index is 604. The van der Waals surface area contributed by atoms with E-state index in [4.69, 9.17) is 14.2 Å². The van der Waals surface area contributed by atoms with E-state index in [1.807, 2.05) is 0 Å². The molecule has 0 amide bonds. The standard InChI is InChI=1S/C15H18N2O4/c1-19-13-5-4-10(6-14(13)20-2)12(18)7-11-8-15(21-3)17-9-16-11/h4-6,8-9,12,18H,7H2,1-3H3. The van der Waals surface area contributed by atoms with Crippen molar-refractivity contribution in [2.45, 2.75) is 12.5 Å². The Labute approximate surface area is 123 Å². The highest BCUT2D eigenvalue weighted by Crippen LogP contribution is 2.30. The predicted octanol–water partition coefficient (Wildman–Crippen LogP) is 1.78. The number of rotatable bonds is 6. The number of benzene rings is 1. The van der Waals surface area contributed by atoms with Crippen LogP contribution < -0.4 is 14.2 Å². The minimum absolute atomic E-state index is 0.356. The van der Waals surface area contributed by atoms with Gasteiger partial charge in [0.2, 0.25) is 5.88 Å². The lowest BCUT2D eigenvalue weighted by atomic mass is 10.0. The third-order valence-electron chi connectivity index (χ3n) is 3.10. The zero-order chi connectivity index (χ0) is 15.2. The fourth-order valence-electron chi connectivity index (χ4n) is 1.98. The van der Waals surface area contributed by atoms with Crippen molar-refractivity contribution in [2.24, 2.45) is 0 Å². The summed E-state index contributed by atoms with van der Waals surface area (Å²) in [4.78, 5) is 8.06. The van der Waals surface area contributed by atoms with Gasteiger partial charge in [-0.3, -0.25) is 0 Å². The van der Waals surface area contributed by atoms with Crippen LogP contribution in [0, 0.1) is 0 Å². The van der Waals surface area contributed by atoms with Crippen LogP contribution in [0.1, 0.15) is 17.4 Å². The van der Waals surface area contributed by atoms with Gasteiger partial charge in [-0.25, -0.2) is 9.97 Å². The van der Waals surface area contributed by atoms with Crippen molar-refractivity contribution in [3.05, 3.63) is 41.9 Å². The molecule has 2 aromatic rings. The van der Waals surface area contributed by atoms with Gasteiger partial charge in [-0.15, -0.1) is 0 Å². The SMILES string of the molecule is COc1cc(CC(O)c2ccc(OC)c(OC)c2)ncn1. The molecular weight excluding hydrogens is 272 g/mol.